The first-order chi connectivity index (χ1) is 10.4. The van der Waals surface area contributed by atoms with E-state index >= 15 is 0 Å². The van der Waals surface area contributed by atoms with E-state index in [1.807, 2.05) is 0 Å². The molecule has 1 amide bonds. The predicted octanol–water partition coefficient (Wildman–Crippen LogP) is 0.788. The normalized spacial score (nSPS) is 24.2. The molecule has 6 nitrogen and oxygen atoms in total. The molecule has 136 valence electrons. The number of nitrogens with zero attached hydrogens (tertiary/aromatic N) is 1. The summed E-state index contributed by atoms with van der Waals surface area (Å²) in [5.41, 5.74) is 0. The van der Waals surface area contributed by atoms with E-state index in [2.05, 4.69) is 10.6 Å². The van der Waals surface area contributed by atoms with Gasteiger partial charge >= 0.3 is 5.76 Å². The van der Waals surface area contributed by atoms with Gasteiger partial charge < -0.3 is 10.6 Å². The van der Waals surface area contributed by atoms with Gasteiger partial charge in [-0.2, -0.15) is 13.1 Å². The van der Waals surface area contributed by atoms with Crippen molar-refractivity contribution >= 4 is 28.3 Å². The maximum atomic E-state index is 12.5. The van der Waals surface area contributed by atoms with Crippen LogP contribution in [-0.2, 0) is 14.8 Å². The van der Waals surface area contributed by atoms with E-state index < -0.39 is 15.8 Å². The SMILES string of the molecule is Cl.O=C(NCC1CCN(S(=O)(=O)C(F)F)CC1)C1CCCNC1. The molecule has 23 heavy (non-hydrogen) atoms. The fraction of sp³-hybridized carbons (Fsp3) is 0.923. The molecule has 0 aromatic rings. The zero-order chi connectivity index (χ0) is 16.2. The van der Waals surface area contributed by atoms with Crippen molar-refractivity contribution in [3.63, 3.8) is 0 Å². The summed E-state index contributed by atoms with van der Waals surface area (Å²) in [6, 6.07) is 0. The lowest BCUT2D eigenvalue weighted by Crippen LogP contribution is -2.45. The van der Waals surface area contributed by atoms with Crippen molar-refractivity contribution in [3.8, 4) is 0 Å². The summed E-state index contributed by atoms with van der Waals surface area (Å²) in [4.78, 5) is 12.0. The molecule has 1 atom stereocenters. The van der Waals surface area contributed by atoms with Crippen molar-refractivity contribution in [2.24, 2.45) is 11.8 Å². The van der Waals surface area contributed by atoms with Crippen LogP contribution in [0.25, 0.3) is 0 Å². The fourth-order valence-electron chi connectivity index (χ4n) is 2.95. The molecular formula is C13H24ClF2N3O3S. The third-order valence-electron chi connectivity index (χ3n) is 4.39. The van der Waals surface area contributed by atoms with E-state index in [0.29, 0.717) is 25.9 Å². The molecule has 0 bridgehead atoms. The van der Waals surface area contributed by atoms with Gasteiger partial charge in [-0.3, -0.25) is 4.79 Å². The molecule has 2 aliphatic heterocycles. The van der Waals surface area contributed by atoms with E-state index in [4.69, 9.17) is 0 Å². The Hall–Kier alpha value is -0.510. The topological polar surface area (TPSA) is 78.5 Å². The van der Waals surface area contributed by atoms with Crippen molar-refractivity contribution in [3.05, 3.63) is 0 Å². The van der Waals surface area contributed by atoms with Gasteiger partial charge in [0, 0.05) is 26.2 Å². The number of hydrogen-bond acceptors (Lipinski definition) is 4. The average molecular weight is 376 g/mol. The molecule has 0 spiro atoms. The maximum absolute atomic E-state index is 12.5. The van der Waals surface area contributed by atoms with Gasteiger partial charge in [-0.1, -0.05) is 0 Å². The molecule has 2 heterocycles. The van der Waals surface area contributed by atoms with Crippen molar-refractivity contribution < 1.29 is 22.0 Å². The number of sulfonamides is 1. The highest BCUT2D eigenvalue weighted by Crippen LogP contribution is 2.22. The van der Waals surface area contributed by atoms with Crippen LogP contribution in [0.3, 0.4) is 0 Å². The average Bonchev–Trinajstić information content (AvgIpc) is 2.53. The highest BCUT2D eigenvalue weighted by Gasteiger charge is 2.34. The summed E-state index contributed by atoms with van der Waals surface area (Å²) in [5, 5.41) is 6.08. The quantitative estimate of drug-likeness (QED) is 0.744. The molecule has 1 unspecified atom stereocenters. The van der Waals surface area contributed by atoms with Gasteiger partial charge in [0.15, 0.2) is 0 Å². The first kappa shape index (κ1) is 20.5. The van der Waals surface area contributed by atoms with E-state index in [1.165, 1.54) is 0 Å². The van der Waals surface area contributed by atoms with Gasteiger partial charge in [-0.25, -0.2) is 8.42 Å². The standard InChI is InChI=1S/C13H23F2N3O3S.ClH/c14-13(15)22(20,21)18-6-3-10(4-7-18)8-17-12(19)11-2-1-5-16-9-11;/h10-11,13,16H,1-9H2,(H,17,19);1H. The van der Waals surface area contributed by atoms with Gasteiger partial charge in [0.1, 0.15) is 0 Å². The molecule has 0 aliphatic carbocycles. The molecule has 2 fully saturated rings. The summed E-state index contributed by atoms with van der Waals surface area (Å²) < 4.78 is 48.5. The highest BCUT2D eigenvalue weighted by molar-refractivity contribution is 7.89. The lowest BCUT2D eigenvalue weighted by atomic mass is 9.96. The second-order valence-corrected chi connectivity index (χ2v) is 7.84. The number of carbonyl (C=O) groups excluding carboxylic acids is 1. The molecule has 0 aromatic heterocycles. The van der Waals surface area contributed by atoms with Crippen LogP contribution in [-0.4, -0.2) is 57.1 Å². The van der Waals surface area contributed by atoms with Gasteiger partial charge in [-0.05, 0) is 38.1 Å². The third kappa shape index (κ3) is 5.51. The van der Waals surface area contributed by atoms with E-state index in [9.17, 15) is 22.0 Å². The minimum absolute atomic E-state index is 0. The molecule has 10 heteroatoms. The zero-order valence-corrected chi connectivity index (χ0v) is 14.5. The Kier molecular flexibility index (Phi) is 8.12. The fourth-order valence-corrected chi connectivity index (χ4v) is 3.89. The van der Waals surface area contributed by atoms with Gasteiger partial charge in [0.25, 0.3) is 10.0 Å². The lowest BCUT2D eigenvalue weighted by molar-refractivity contribution is -0.125. The van der Waals surface area contributed by atoms with E-state index in [1.54, 1.807) is 0 Å². The Bertz CT molecular complexity index is 479. The number of piperidine rings is 2. The van der Waals surface area contributed by atoms with Gasteiger partial charge in [0.2, 0.25) is 5.91 Å². The Labute approximate surface area is 141 Å². The van der Waals surface area contributed by atoms with Crippen LogP contribution in [0.15, 0.2) is 0 Å². The van der Waals surface area contributed by atoms with Crippen LogP contribution in [0.4, 0.5) is 8.78 Å². The van der Waals surface area contributed by atoms with Crippen molar-refractivity contribution in [1.82, 2.24) is 14.9 Å². The van der Waals surface area contributed by atoms with Crippen LogP contribution in [0.5, 0.6) is 0 Å². The number of rotatable bonds is 5. The Morgan fingerprint density at radius 1 is 1.26 bits per heavy atom. The van der Waals surface area contributed by atoms with Crippen LogP contribution in [0.1, 0.15) is 25.7 Å². The van der Waals surface area contributed by atoms with Crippen LogP contribution < -0.4 is 10.6 Å². The molecular weight excluding hydrogens is 352 g/mol. The second kappa shape index (κ2) is 9.10. The Morgan fingerprint density at radius 2 is 1.91 bits per heavy atom. The number of hydrogen-bond donors (Lipinski definition) is 2. The molecule has 2 N–H and O–H groups in total. The number of amides is 1. The molecule has 2 rings (SSSR count). The maximum Gasteiger partial charge on any atom is 0.350 e. The summed E-state index contributed by atoms with van der Waals surface area (Å²) in [6.07, 6.45) is 2.86. The van der Waals surface area contributed by atoms with E-state index in [0.717, 1.165) is 23.7 Å². The summed E-state index contributed by atoms with van der Waals surface area (Å²) in [6.45, 7) is 2.31. The number of carbonyl (C=O) groups is 1. The van der Waals surface area contributed by atoms with Crippen molar-refractivity contribution in [2.75, 3.05) is 32.7 Å². The van der Waals surface area contributed by atoms with Gasteiger partial charge in [0.05, 0.1) is 5.92 Å². The van der Waals surface area contributed by atoms with Crippen molar-refractivity contribution in [2.45, 2.75) is 31.4 Å². The summed E-state index contributed by atoms with van der Waals surface area (Å²) >= 11 is 0. The number of halogens is 3. The molecule has 2 saturated heterocycles. The van der Waals surface area contributed by atoms with Crippen LogP contribution in [0.2, 0.25) is 0 Å². The van der Waals surface area contributed by atoms with E-state index in [-0.39, 0.29) is 43.2 Å². The van der Waals surface area contributed by atoms with Crippen molar-refractivity contribution in [1.29, 1.82) is 0 Å². The first-order valence-corrected chi connectivity index (χ1v) is 9.17. The number of alkyl halides is 2. The van der Waals surface area contributed by atoms with Crippen LogP contribution >= 0.6 is 12.4 Å². The van der Waals surface area contributed by atoms with Gasteiger partial charge in [-0.15, -0.1) is 12.4 Å². The highest BCUT2D eigenvalue weighted by atomic mass is 35.5. The minimum Gasteiger partial charge on any atom is -0.356 e. The largest absolute Gasteiger partial charge is 0.356 e. The third-order valence-corrected chi connectivity index (χ3v) is 5.93. The summed E-state index contributed by atoms with van der Waals surface area (Å²) in [5.74, 6) is -3.20. The molecule has 2 aliphatic rings. The minimum atomic E-state index is -4.47. The molecule has 0 saturated carbocycles. The number of nitrogens with one attached hydrogen (secondary N) is 2. The molecule has 0 aromatic carbocycles. The van der Waals surface area contributed by atoms with Crippen LogP contribution in [0, 0.1) is 11.8 Å². The monoisotopic (exact) mass is 375 g/mol. The Balaban J connectivity index is 0.00000264. The first-order valence-electron chi connectivity index (χ1n) is 7.67. The predicted molar refractivity (Wildman–Crippen MR) is 85.1 cm³/mol. The Morgan fingerprint density at radius 3 is 2.43 bits per heavy atom. The smallest absolute Gasteiger partial charge is 0.350 e. The zero-order valence-electron chi connectivity index (χ0n) is 12.8. The summed E-state index contributed by atoms with van der Waals surface area (Å²) in [7, 11) is -4.47. The second-order valence-electron chi connectivity index (χ2n) is 5.94. The molecule has 0 radical (unpaired) electrons. The lowest BCUT2D eigenvalue weighted by Gasteiger charge is -2.31.